The van der Waals surface area contributed by atoms with Gasteiger partial charge in [0.2, 0.25) is 0 Å². The Kier molecular flexibility index (Phi) is 4.76. The summed E-state index contributed by atoms with van der Waals surface area (Å²) in [4.78, 5) is 24.7. The number of ether oxygens (including phenoxy) is 1. The Morgan fingerprint density at radius 2 is 1.92 bits per heavy atom. The zero-order chi connectivity index (χ0) is 16.8. The van der Waals surface area contributed by atoms with Crippen LogP contribution in [0.25, 0.3) is 0 Å². The number of rotatable bonds is 5. The standard InChI is InChI=1S/C18H16N4O2/c1-13-4-5-16(21-11-13)22-18(23)17-15(3-2-8-20-17)24-12-14-6-9-19-10-7-14/h2-11H,12H2,1H3,(H,21,22,23). The normalized spacial score (nSPS) is 10.2. The molecule has 0 spiro atoms. The number of carbonyl (C=O) groups is 1. The fourth-order valence-electron chi connectivity index (χ4n) is 2.03. The van der Waals surface area contributed by atoms with Gasteiger partial charge in [0.25, 0.3) is 5.91 Å². The summed E-state index contributed by atoms with van der Waals surface area (Å²) in [5, 5.41) is 2.72. The molecule has 0 unspecified atom stereocenters. The molecule has 0 aliphatic heterocycles. The molecule has 6 nitrogen and oxygen atoms in total. The number of hydrogen-bond acceptors (Lipinski definition) is 5. The minimum Gasteiger partial charge on any atom is -0.486 e. The Morgan fingerprint density at radius 3 is 2.67 bits per heavy atom. The summed E-state index contributed by atoms with van der Waals surface area (Å²) in [5.74, 6) is 0.520. The minimum absolute atomic E-state index is 0.217. The maximum atomic E-state index is 12.4. The van der Waals surface area contributed by atoms with E-state index in [0.717, 1.165) is 11.1 Å². The van der Waals surface area contributed by atoms with Gasteiger partial charge in [0.1, 0.15) is 12.4 Å². The molecule has 0 aliphatic carbocycles. The average Bonchev–Trinajstić information content (AvgIpc) is 2.63. The lowest BCUT2D eigenvalue weighted by molar-refractivity contribution is 0.101. The van der Waals surface area contributed by atoms with Crippen LogP contribution in [-0.4, -0.2) is 20.9 Å². The second-order valence-electron chi connectivity index (χ2n) is 5.17. The topological polar surface area (TPSA) is 77.0 Å². The van der Waals surface area contributed by atoms with Crippen LogP contribution in [0.2, 0.25) is 0 Å². The lowest BCUT2D eigenvalue weighted by atomic mass is 10.2. The smallest absolute Gasteiger partial charge is 0.279 e. The van der Waals surface area contributed by atoms with E-state index in [1.165, 1.54) is 0 Å². The van der Waals surface area contributed by atoms with Gasteiger partial charge in [-0.05, 0) is 48.4 Å². The van der Waals surface area contributed by atoms with E-state index in [0.29, 0.717) is 18.2 Å². The lowest BCUT2D eigenvalue weighted by Crippen LogP contribution is -2.16. The van der Waals surface area contributed by atoms with Crippen LogP contribution >= 0.6 is 0 Å². The third-order valence-electron chi connectivity index (χ3n) is 3.28. The summed E-state index contributed by atoms with van der Waals surface area (Å²) in [7, 11) is 0. The Bertz CT molecular complexity index is 820. The van der Waals surface area contributed by atoms with Crippen LogP contribution in [0.15, 0.2) is 61.2 Å². The highest BCUT2D eigenvalue weighted by Crippen LogP contribution is 2.18. The number of carbonyl (C=O) groups excluding carboxylic acids is 1. The van der Waals surface area contributed by atoms with Crippen molar-refractivity contribution in [2.24, 2.45) is 0 Å². The molecule has 0 atom stereocenters. The van der Waals surface area contributed by atoms with Crippen LogP contribution < -0.4 is 10.1 Å². The van der Waals surface area contributed by atoms with E-state index in [1.807, 2.05) is 25.1 Å². The average molecular weight is 320 g/mol. The molecule has 24 heavy (non-hydrogen) atoms. The van der Waals surface area contributed by atoms with Crippen molar-refractivity contribution in [3.8, 4) is 5.75 Å². The van der Waals surface area contributed by atoms with E-state index >= 15 is 0 Å². The maximum absolute atomic E-state index is 12.4. The first-order valence-corrected chi connectivity index (χ1v) is 7.43. The first-order valence-electron chi connectivity index (χ1n) is 7.43. The summed E-state index contributed by atoms with van der Waals surface area (Å²) in [5.41, 5.74) is 2.20. The first-order chi connectivity index (χ1) is 11.7. The van der Waals surface area contributed by atoms with E-state index in [1.54, 1.807) is 43.0 Å². The van der Waals surface area contributed by atoms with E-state index in [2.05, 4.69) is 20.3 Å². The number of nitrogens with zero attached hydrogens (tertiary/aromatic N) is 3. The number of aryl methyl sites for hydroxylation is 1. The van der Waals surface area contributed by atoms with Crippen LogP contribution in [0, 0.1) is 6.92 Å². The number of pyridine rings is 3. The van der Waals surface area contributed by atoms with Crippen molar-refractivity contribution in [2.75, 3.05) is 5.32 Å². The molecule has 0 saturated carbocycles. The minimum atomic E-state index is -0.364. The van der Waals surface area contributed by atoms with E-state index < -0.39 is 0 Å². The van der Waals surface area contributed by atoms with Gasteiger partial charge in [-0.2, -0.15) is 0 Å². The third kappa shape index (κ3) is 3.92. The molecule has 3 aromatic heterocycles. The number of anilines is 1. The third-order valence-corrected chi connectivity index (χ3v) is 3.28. The summed E-state index contributed by atoms with van der Waals surface area (Å²) in [6.07, 6.45) is 6.63. The van der Waals surface area contributed by atoms with Gasteiger partial charge in [-0.1, -0.05) is 6.07 Å². The Morgan fingerprint density at radius 1 is 1.08 bits per heavy atom. The van der Waals surface area contributed by atoms with Gasteiger partial charge in [-0.3, -0.25) is 9.78 Å². The molecule has 0 fully saturated rings. The quantitative estimate of drug-likeness (QED) is 0.782. The summed E-state index contributed by atoms with van der Waals surface area (Å²) < 4.78 is 5.73. The van der Waals surface area contributed by atoms with Crippen molar-refractivity contribution >= 4 is 11.7 Å². The molecule has 6 heteroatoms. The summed E-state index contributed by atoms with van der Waals surface area (Å²) >= 11 is 0. The molecule has 120 valence electrons. The number of aromatic nitrogens is 3. The van der Waals surface area contributed by atoms with Crippen molar-refractivity contribution in [3.63, 3.8) is 0 Å². The van der Waals surface area contributed by atoms with Crippen molar-refractivity contribution in [1.82, 2.24) is 15.0 Å². The fourth-order valence-corrected chi connectivity index (χ4v) is 2.03. The van der Waals surface area contributed by atoms with Crippen molar-refractivity contribution in [2.45, 2.75) is 13.5 Å². The van der Waals surface area contributed by atoms with Gasteiger partial charge in [0, 0.05) is 24.8 Å². The summed E-state index contributed by atoms with van der Waals surface area (Å²) in [6, 6.07) is 10.8. The molecule has 3 aromatic rings. The Labute approximate surface area is 139 Å². The molecule has 0 radical (unpaired) electrons. The molecule has 0 aliphatic rings. The maximum Gasteiger partial charge on any atom is 0.279 e. The van der Waals surface area contributed by atoms with Crippen LogP contribution in [0.4, 0.5) is 5.82 Å². The highest BCUT2D eigenvalue weighted by molar-refractivity contribution is 6.04. The molecular formula is C18H16N4O2. The molecule has 0 saturated heterocycles. The van der Waals surface area contributed by atoms with E-state index in [-0.39, 0.29) is 11.6 Å². The predicted octanol–water partition coefficient (Wildman–Crippen LogP) is 3.01. The lowest BCUT2D eigenvalue weighted by Gasteiger charge is -2.10. The highest BCUT2D eigenvalue weighted by atomic mass is 16.5. The van der Waals surface area contributed by atoms with Gasteiger partial charge >= 0.3 is 0 Å². The molecule has 1 amide bonds. The van der Waals surface area contributed by atoms with Gasteiger partial charge in [0.05, 0.1) is 0 Å². The molecule has 3 rings (SSSR count). The monoisotopic (exact) mass is 320 g/mol. The molecule has 0 aromatic carbocycles. The molecule has 0 bridgehead atoms. The van der Waals surface area contributed by atoms with E-state index in [9.17, 15) is 4.79 Å². The largest absolute Gasteiger partial charge is 0.486 e. The predicted molar refractivity (Wildman–Crippen MR) is 89.7 cm³/mol. The fraction of sp³-hybridized carbons (Fsp3) is 0.111. The van der Waals surface area contributed by atoms with Gasteiger partial charge in [-0.25, -0.2) is 9.97 Å². The Balaban J connectivity index is 1.73. The van der Waals surface area contributed by atoms with Gasteiger partial charge < -0.3 is 10.1 Å². The van der Waals surface area contributed by atoms with Gasteiger partial charge in [0.15, 0.2) is 11.4 Å². The summed E-state index contributed by atoms with van der Waals surface area (Å²) in [6.45, 7) is 2.26. The van der Waals surface area contributed by atoms with Crippen LogP contribution in [0.1, 0.15) is 21.6 Å². The zero-order valence-corrected chi connectivity index (χ0v) is 13.1. The van der Waals surface area contributed by atoms with Crippen LogP contribution in [-0.2, 0) is 6.61 Å². The van der Waals surface area contributed by atoms with Gasteiger partial charge in [-0.15, -0.1) is 0 Å². The number of amides is 1. The van der Waals surface area contributed by atoms with Crippen molar-refractivity contribution in [3.05, 3.63) is 78.0 Å². The SMILES string of the molecule is Cc1ccc(NC(=O)c2ncccc2OCc2ccncc2)nc1. The highest BCUT2D eigenvalue weighted by Gasteiger charge is 2.14. The second kappa shape index (κ2) is 7.32. The number of nitrogens with one attached hydrogen (secondary N) is 1. The van der Waals surface area contributed by atoms with Crippen LogP contribution in [0.3, 0.4) is 0 Å². The van der Waals surface area contributed by atoms with Crippen molar-refractivity contribution < 1.29 is 9.53 Å². The zero-order valence-electron chi connectivity index (χ0n) is 13.1. The van der Waals surface area contributed by atoms with Crippen LogP contribution in [0.5, 0.6) is 5.75 Å². The molecule has 3 heterocycles. The first kappa shape index (κ1) is 15.6. The number of hydrogen-bond donors (Lipinski definition) is 1. The second-order valence-corrected chi connectivity index (χ2v) is 5.17. The molecule has 1 N–H and O–H groups in total. The van der Waals surface area contributed by atoms with Crippen molar-refractivity contribution in [1.29, 1.82) is 0 Å². The van der Waals surface area contributed by atoms with E-state index in [4.69, 9.17) is 4.74 Å². The Hall–Kier alpha value is -3.28. The molecular weight excluding hydrogens is 304 g/mol.